The van der Waals surface area contributed by atoms with Gasteiger partial charge in [-0.15, -0.1) is 0 Å². The lowest BCUT2D eigenvalue weighted by atomic mass is 9.84. The van der Waals surface area contributed by atoms with Crippen LogP contribution < -0.4 is 10.9 Å². The van der Waals surface area contributed by atoms with Crippen LogP contribution in [0.5, 0.6) is 0 Å². The van der Waals surface area contributed by atoms with Gasteiger partial charge in [0, 0.05) is 10.4 Å². The van der Waals surface area contributed by atoms with Crippen molar-refractivity contribution in [3.63, 3.8) is 0 Å². The van der Waals surface area contributed by atoms with Crippen LogP contribution in [0.15, 0.2) is 45.7 Å². The number of fused-ring (bicyclic) bond motifs is 5. The molecule has 2 aromatic carbocycles. The normalized spacial score (nSPS) is 18.9. The number of nitrogens with one attached hydrogen (secondary N) is 1. The highest BCUT2D eigenvalue weighted by Crippen LogP contribution is 2.38. The summed E-state index contributed by atoms with van der Waals surface area (Å²) in [7, 11) is 0. The van der Waals surface area contributed by atoms with Crippen molar-refractivity contribution >= 4 is 26.8 Å². The van der Waals surface area contributed by atoms with E-state index in [1.165, 1.54) is 29.7 Å². The van der Waals surface area contributed by atoms with Crippen molar-refractivity contribution in [2.75, 3.05) is 13.1 Å². The predicted octanol–water partition coefficient (Wildman–Crippen LogP) is 5.45. The summed E-state index contributed by atoms with van der Waals surface area (Å²) in [5.41, 5.74) is 4.88. The monoisotopic (exact) mass is 465 g/mol. The Kier molecular flexibility index (Phi) is 5.50. The minimum atomic E-state index is -0.125. The Morgan fingerprint density at radius 1 is 1.20 bits per heavy atom. The molecule has 0 bridgehead atoms. The van der Waals surface area contributed by atoms with E-state index in [2.05, 4.69) is 62.0 Å². The molecule has 1 saturated heterocycles. The molecule has 2 aliphatic heterocycles. The van der Waals surface area contributed by atoms with Crippen molar-refractivity contribution in [2.24, 2.45) is 0 Å². The van der Waals surface area contributed by atoms with E-state index in [4.69, 9.17) is 0 Å². The third-order valence-corrected chi connectivity index (χ3v) is 7.45. The lowest BCUT2D eigenvalue weighted by Gasteiger charge is -2.31. The summed E-state index contributed by atoms with van der Waals surface area (Å²) in [6.07, 6.45) is 6.76. The Bertz CT molecular complexity index is 1150. The minimum absolute atomic E-state index is 0.125. The summed E-state index contributed by atoms with van der Waals surface area (Å²) < 4.78 is 3.07. The van der Waals surface area contributed by atoms with Crippen molar-refractivity contribution in [3.8, 4) is 5.69 Å². The average Bonchev–Trinajstić information content (AvgIpc) is 2.77. The van der Waals surface area contributed by atoms with E-state index in [1.54, 1.807) is 0 Å². The standard InChI is InChI=1S/C25H28BrN3O/c1-2-3-5-18-15-19-14-17(16-10-12-27-13-11-16)8-9-21(19)29-22-7-4-6-20(26)23(22)25(30)28-24(18)29/h4,6-9,14,16,18,27H,2-3,5,10-13,15H2,1H3. The number of benzene rings is 2. The summed E-state index contributed by atoms with van der Waals surface area (Å²) in [6, 6.07) is 13.0. The number of halogens is 1. The summed E-state index contributed by atoms with van der Waals surface area (Å²) in [5, 5.41) is 4.15. The number of aromatic nitrogens is 2. The highest BCUT2D eigenvalue weighted by Gasteiger charge is 2.29. The molecule has 1 fully saturated rings. The highest BCUT2D eigenvalue weighted by atomic mass is 79.9. The van der Waals surface area contributed by atoms with E-state index in [0.29, 0.717) is 11.3 Å². The van der Waals surface area contributed by atoms with Gasteiger partial charge in [-0.3, -0.25) is 9.36 Å². The third-order valence-electron chi connectivity index (χ3n) is 6.78. The molecule has 0 amide bonds. The van der Waals surface area contributed by atoms with Gasteiger partial charge in [0.15, 0.2) is 0 Å². The van der Waals surface area contributed by atoms with Gasteiger partial charge >= 0.3 is 0 Å². The Morgan fingerprint density at radius 2 is 2.03 bits per heavy atom. The van der Waals surface area contributed by atoms with Gasteiger partial charge in [0.1, 0.15) is 5.82 Å². The maximum absolute atomic E-state index is 12.9. The van der Waals surface area contributed by atoms with Crippen LogP contribution in [0.1, 0.15) is 67.8 Å². The average molecular weight is 466 g/mol. The summed E-state index contributed by atoms with van der Waals surface area (Å²) in [6.45, 7) is 4.44. The molecule has 1 N–H and O–H groups in total. The number of rotatable bonds is 4. The molecule has 30 heavy (non-hydrogen) atoms. The van der Waals surface area contributed by atoms with E-state index >= 15 is 0 Å². The smallest absolute Gasteiger partial charge is 0.281 e. The van der Waals surface area contributed by atoms with Crippen LogP contribution >= 0.6 is 15.9 Å². The molecule has 3 heterocycles. The van der Waals surface area contributed by atoms with Crippen molar-refractivity contribution in [1.29, 1.82) is 0 Å². The fourth-order valence-corrected chi connectivity index (χ4v) is 5.73. The van der Waals surface area contributed by atoms with Gasteiger partial charge in [0.2, 0.25) is 0 Å². The quantitative estimate of drug-likeness (QED) is 0.557. The molecule has 0 radical (unpaired) electrons. The largest absolute Gasteiger partial charge is 0.317 e. The molecule has 5 rings (SSSR count). The zero-order chi connectivity index (χ0) is 20.7. The first-order valence-corrected chi connectivity index (χ1v) is 12.0. The van der Waals surface area contributed by atoms with Crippen LogP contribution in [-0.2, 0) is 6.42 Å². The van der Waals surface area contributed by atoms with Gasteiger partial charge in [0.05, 0.1) is 16.6 Å². The van der Waals surface area contributed by atoms with Crippen molar-refractivity contribution < 1.29 is 0 Å². The molecule has 0 aliphatic carbocycles. The molecule has 1 atom stereocenters. The van der Waals surface area contributed by atoms with Crippen LogP contribution in [0.4, 0.5) is 0 Å². The lowest BCUT2D eigenvalue weighted by molar-refractivity contribution is 0.459. The third kappa shape index (κ3) is 3.42. The molecule has 4 nitrogen and oxygen atoms in total. The Balaban J connectivity index is 1.70. The number of hydrogen-bond acceptors (Lipinski definition) is 3. The molecule has 3 aromatic rings. The van der Waals surface area contributed by atoms with E-state index in [1.807, 2.05) is 12.1 Å². The maximum Gasteiger partial charge on any atom is 0.281 e. The topological polar surface area (TPSA) is 46.9 Å². The zero-order valence-electron chi connectivity index (χ0n) is 17.5. The van der Waals surface area contributed by atoms with Gasteiger partial charge in [-0.25, -0.2) is 0 Å². The van der Waals surface area contributed by atoms with Gasteiger partial charge in [0.25, 0.3) is 5.56 Å². The van der Waals surface area contributed by atoms with Crippen molar-refractivity contribution in [2.45, 2.75) is 57.3 Å². The van der Waals surface area contributed by atoms with Gasteiger partial charge in [-0.05, 0) is 89.9 Å². The molecule has 1 unspecified atom stereocenters. The second-order valence-corrected chi connectivity index (χ2v) is 9.55. The van der Waals surface area contributed by atoms with E-state index in [0.717, 1.165) is 54.6 Å². The Labute approximate surface area is 185 Å². The molecule has 1 aromatic heterocycles. The summed E-state index contributed by atoms with van der Waals surface area (Å²) >= 11 is 3.58. The molecule has 0 spiro atoms. The maximum atomic E-state index is 12.9. The number of hydrogen-bond donors (Lipinski definition) is 1. The number of nitrogens with zero attached hydrogens (tertiary/aromatic N) is 2. The fourth-order valence-electron chi connectivity index (χ4n) is 5.21. The minimum Gasteiger partial charge on any atom is -0.317 e. The first-order valence-electron chi connectivity index (χ1n) is 11.2. The molecule has 5 heteroatoms. The van der Waals surface area contributed by atoms with Crippen LogP contribution in [0.2, 0.25) is 0 Å². The lowest BCUT2D eigenvalue weighted by Crippen LogP contribution is -2.28. The second-order valence-electron chi connectivity index (χ2n) is 8.70. The van der Waals surface area contributed by atoms with Crippen molar-refractivity contribution in [3.05, 3.63) is 68.2 Å². The number of unbranched alkanes of at least 4 members (excludes halogenated alkanes) is 1. The molecular formula is C25H28BrN3O. The second kappa shape index (κ2) is 8.27. The van der Waals surface area contributed by atoms with Gasteiger partial charge in [-0.2, -0.15) is 4.98 Å². The molecular weight excluding hydrogens is 438 g/mol. The predicted molar refractivity (Wildman–Crippen MR) is 126 cm³/mol. The van der Waals surface area contributed by atoms with Crippen LogP contribution in [0, 0.1) is 0 Å². The Morgan fingerprint density at radius 3 is 2.83 bits per heavy atom. The Hall–Kier alpha value is -1.98. The number of piperidine rings is 1. The fraction of sp³-hybridized carbons (Fsp3) is 0.440. The van der Waals surface area contributed by atoms with E-state index in [-0.39, 0.29) is 11.5 Å². The van der Waals surface area contributed by atoms with E-state index in [9.17, 15) is 4.79 Å². The van der Waals surface area contributed by atoms with Crippen LogP contribution in [0.3, 0.4) is 0 Å². The molecule has 156 valence electrons. The summed E-state index contributed by atoms with van der Waals surface area (Å²) in [4.78, 5) is 17.5. The molecule has 0 saturated carbocycles. The van der Waals surface area contributed by atoms with E-state index < -0.39 is 0 Å². The molecule has 2 aliphatic rings. The van der Waals surface area contributed by atoms with Crippen LogP contribution in [-0.4, -0.2) is 22.6 Å². The first kappa shape index (κ1) is 20.0. The SMILES string of the molecule is CCCCC1Cc2cc(C3CCNCC3)ccc2-n2c1nc(=O)c1c(Br)cccc12. The first-order chi connectivity index (χ1) is 14.7. The van der Waals surface area contributed by atoms with Gasteiger partial charge < -0.3 is 5.32 Å². The highest BCUT2D eigenvalue weighted by molar-refractivity contribution is 9.10. The zero-order valence-corrected chi connectivity index (χ0v) is 19.0. The van der Waals surface area contributed by atoms with Gasteiger partial charge in [-0.1, -0.05) is 38.0 Å². The summed E-state index contributed by atoms with van der Waals surface area (Å²) in [5.74, 6) is 1.86. The van der Waals surface area contributed by atoms with Crippen molar-refractivity contribution in [1.82, 2.24) is 14.9 Å². The van der Waals surface area contributed by atoms with Crippen LogP contribution in [0.25, 0.3) is 16.6 Å².